The van der Waals surface area contributed by atoms with Gasteiger partial charge in [-0.3, -0.25) is 4.79 Å². The maximum atomic E-state index is 12.7. The van der Waals surface area contributed by atoms with Gasteiger partial charge in [0, 0.05) is 19.5 Å². The van der Waals surface area contributed by atoms with Crippen molar-refractivity contribution in [1.82, 2.24) is 4.90 Å². The summed E-state index contributed by atoms with van der Waals surface area (Å²) in [7, 11) is 0. The molecule has 0 spiro atoms. The predicted octanol–water partition coefficient (Wildman–Crippen LogP) is 1.26. The maximum absolute atomic E-state index is 12.7. The van der Waals surface area contributed by atoms with Crippen molar-refractivity contribution in [2.24, 2.45) is 17.6 Å². The molecule has 1 heterocycles. The second kappa shape index (κ2) is 4.84. The molecule has 0 bridgehead atoms. The third-order valence-electron chi connectivity index (χ3n) is 3.29. The van der Waals surface area contributed by atoms with E-state index in [1.54, 1.807) is 4.90 Å². The van der Waals surface area contributed by atoms with E-state index in [9.17, 15) is 13.6 Å². The van der Waals surface area contributed by atoms with Crippen LogP contribution in [0.4, 0.5) is 8.78 Å². The molecule has 1 amide bonds. The van der Waals surface area contributed by atoms with Gasteiger partial charge < -0.3 is 10.6 Å². The summed E-state index contributed by atoms with van der Waals surface area (Å²) < 4.78 is 25.4. The van der Waals surface area contributed by atoms with E-state index in [1.165, 1.54) is 0 Å². The number of piperidine rings is 1. The van der Waals surface area contributed by atoms with E-state index in [0.717, 1.165) is 12.8 Å². The Labute approximate surface area is 99.8 Å². The van der Waals surface area contributed by atoms with Crippen LogP contribution in [-0.2, 0) is 4.79 Å². The zero-order chi connectivity index (χ0) is 11.1. The van der Waals surface area contributed by atoms with Gasteiger partial charge in [-0.25, -0.2) is 8.78 Å². The molecule has 1 saturated carbocycles. The fraction of sp³-hybridized carbons (Fsp3) is 0.900. The largest absolute Gasteiger partial charge is 0.342 e. The van der Waals surface area contributed by atoms with Crippen LogP contribution < -0.4 is 5.73 Å². The fourth-order valence-corrected chi connectivity index (χ4v) is 2.16. The SMILES string of the molecule is Cl.NC[C@@H]1CCCN(C(=O)C2CC2(F)F)C1. The molecular weight excluding hydrogens is 238 g/mol. The molecule has 1 saturated heterocycles. The average Bonchev–Trinajstić information content (AvgIpc) is 2.87. The molecule has 0 aromatic heterocycles. The molecule has 16 heavy (non-hydrogen) atoms. The Bertz CT molecular complexity index is 276. The highest BCUT2D eigenvalue weighted by atomic mass is 35.5. The van der Waals surface area contributed by atoms with Gasteiger partial charge in [0.2, 0.25) is 5.91 Å². The van der Waals surface area contributed by atoms with Gasteiger partial charge in [-0.05, 0) is 25.3 Å². The van der Waals surface area contributed by atoms with Gasteiger partial charge in [-0.15, -0.1) is 12.4 Å². The Morgan fingerprint density at radius 1 is 1.50 bits per heavy atom. The lowest BCUT2D eigenvalue weighted by Gasteiger charge is -2.32. The van der Waals surface area contributed by atoms with Crippen LogP contribution in [0.1, 0.15) is 19.3 Å². The van der Waals surface area contributed by atoms with Crippen LogP contribution in [0, 0.1) is 11.8 Å². The Hall–Kier alpha value is -0.420. The molecule has 6 heteroatoms. The molecule has 1 aliphatic heterocycles. The quantitative estimate of drug-likeness (QED) is 0.807. The van der Waals surface area contributed by atoms with Gasteiger partial charge in [0.05, 0.1) is 0 Å². The number of carbonyl (C=O) groups excluding carboxylic acids is 1. The minimum atomic E-state index is -2.74. The molecule has 2 fully saturated rings. The number of rotatable bonds is 2. The van der Waals surface area contributed by atoms with Crippen molar-refractivity contribution in [2.45, 2.75) is 25.2 Å². The number of hydrogen-bond donors (Lipinski definition) is 1. The number of hydrogen-bond acceptors (Lipinski definition) is 2. The number of likely N-dealkylation sites (tertiary alicyclic amines) is 1. The summed E-state index contributed by atoms with van der Waals surface area (Å²) in [4.78, 5) is 13.2. The first kappa shape index (κ1) is 13.6. The van der Waals surface area contributed by atoms with E-state index in [1.807, 2.05) is 0 Å². The first-order valence-electron chi connectivity index (χ1n) is 5.41. The minimum Gasteiger partial charge on any atom is -0.342 e. The highest BCUT2D eigenvalue weighted by Gasteiger charge is 2.62. The summed E-state index contributed by atoms with van der Waals surface area (Å²) in [6.45, 7) is 1.70. The van der Waals surface area contributed by atoms with Gasteiger partial charge in [0.1, 0.15) is 5.92 Å². The van der Waals surface area contributed by atoms with Gasteiger partial charge in [-0.2, -0.15) is 0 Å². The molecule has 3 nitrogen and oxygen atoms in total. The van der Waals surface area contributed by atoms with Crippen molar-refractivity contribution < 1.29 is 13.6 Å². The van der Waals surface area contributed by atoms with Crippen LogP contribution in [0.25, 0.3) is 0 Å². The Morgan fingerprint density at radius 3 is 2.62 bits per heavy atom. The molecular formula is C10H17ClF2N2O. The van der Waals surface area contributed by atoms with E-state index in [0.29, 0.717) is 19.6 Å². The summed E-state index contributed by atoms with van der Waals surface area (Å²) in [6.07, 6.45) is 1.61. The van der Waals surface area contributed by atoms with Gasteiger partial charge in [0.15, 0.2) is 0 Å². The minimum absolute atomic E-state index is 0. The first-order chi connectivity index (χ1) is 7.04. The molecule has 1 aliphatic carbocycles. The lowest BCUT2D eigenvalue weighted by molar-refractivity contribution is -0.136. The second-order valence-corrected chi connectivity index (χ2v) is 4.55. The first-order valence-corrected chi connectivity index (χ1v) is 5.41. The van der Waals surface area contributed by atoms with Crippen LogP contribution in [0.15, 0.2) is 0 Å². The average molecular weight is 255 g/mol. The second-order valence-electron chi connectivity index (χ2n) is 4.55. The van der Waals surface area contributed by atoms with E-state index in [-0.39, 0.29) is 30.7 Å². The van der Waals surface area contributed by atoms with Crippen molar-refractivity contribution >= 4 is 18.3 Å². The lowest BCUT2D eigenvalue weighted by Crippen LogP contribution is -2.43. The molecule has 0 aromatic rings. The van der Waals surface area contributed by atoms with Crippen molar-refractivity contribution in [2.75, 3.05) is 19.6 Å². The zero-order valence-corrected chi connectivity index (χ0v) is 9.81. The number of alkyl halides is 2. The van der Waals surface area contributed by atoms with Crippen molar-refractivity contribution in [3.8, 4) is 0 Å². The molecule has 1 unspecified atom stereocenters. The van der Waals surface area contributed by atoms with Crippen LogP contribution in [-0.4, -0.2) is 36.4 Å². The Morgan fingerprint density at radius 2 is 2.12 bits per heavy atom. The summed E-state index contributed by atoms with van der Waals surface area (Å²) in [5, 5.41) is 0. The van der Waals surface area contributed by atoms with E-state index < -0.39 is 11.8 Å². The van der Waals surface area contributed by atoms with Crippen LogP contribution in [0.3, 0.4) is 0 Å². The topological polar surface area (TPSA) is 46.3 Å². The maximum Gasteiger partial charge on any atom is 0.260 e. The Balaban J connectivity index is 0.00000128. The standard InChI is InChI=1S/C10H16F2N2O.ClH/c11-10(12)4-8(10)9(15)14-3-1-2-7(5-13)6-14;/h7-8H,1-6,13H2;1H/t7-,8?;/m0./s1. The number of amides is 1. The fourth-order valence-electron chi connectivity index (χ4n) is 2.16. The summed E-state index contributed by atoms with van der Waals surface area (Å²) >= 11 is 0. The lowest BCUT2D eigenvalue weighted by atomic mass is 9.98. The molecule has 2 atom stereocenters. The summed E-state index contributed by atoms with van der Waals surface area (Å²) in [5.41, 5.74) is 5.52. The molecule has 94 valence electrons. The zero-order valence-electron chi connectivity index (χ0n) is 8.99. The number of halogens is 3. The van der Waals surface area contributed by atoms with Crippen LogP contribution in [0.5, 0.6) is 0 Å². The molecule has 2 aliphatic rings. The van der Waals surface area contributed by atoms with Crippen molar-refractivity contribution in [3.63, 3.8) is 0 Å². The van der Waals surface area contributed by atoms with Crippen molar-refractivity contribution in [1.29, 1.82) is 0 Å². The van der Waals surface area contributed by atoms with Gasteiger partial charge in [-0.1, -0.05) is 0 Å². The molecule has 2 N–H and O–H groups in total. The highest BCUT2D eigenvalue weighted by Crippen LogP contribution is 2.49. The third kappa shape index (κ3) is 2.63. The third-order valence-corrected chi connectivity index (χ3v) is 3.29. The molecule has 0 aromatic carbocycles. The monoisotopic (exact) mass is 254 g/mol. The van der Waals surface area contributed by atoms with E-state index >= 15 is 0 Å². The summed E-state index contributed by atoms with van der Waals surface area (Å²) in [6, 6.07) is 0. The number of nitrogens with zero attached hydrogens (tertiary/aromatic N) is 1. The van der Waals surface area contributed by atoms with Gasteiger partial charge in [0.25, 0.3) is 5.92 Å². The van der Waals surface area contributed by atoms with Crippen LogP contribution in [0.2, 0.25) is 0 Å². The molecule has 2 rings (SSSR count). The number of carbonyl (C=O) groups is 1. The van der Waals surface area contributed by atoms with E-state index in [4.69, 9.17) is 5.73 Å². The Kier molecular flexibility index (Phi) is 4.12. The highest BCUT2D eigenvalue weighted by molar-refractivity contribution is 5.85. The predicted molar refractivity (Wildman–Crippen MR) is 58.7 cm³/mol. The summed E-state index contributed by atoms with van der Waals surface area (Å²) in [5.74, 6) is -3.88. The van der Waals surface area contributed by atoms with Crippen LogP contribution >= 0.6 is 12.4 Å². The normalized spacial score (nSPS) is 31.8. The molecule has 0 radical (unpaired) electrons. The smallest absolute Gasteiger partial charge is 0.260 e. The van der Waals surface area contributed by atoms with Crippen molar-refractivity contribution in [3.05, 3.63) is 0 Å². The van der Waals surface area contributed by atoms with E-state index in [2.05, 4.69) is 0 Å². The number of nitrogens with two attached hydrogens (primary N) is 1. The van der Waals surface area contributed by atoms with Gasteiger partial charge >= 0.3 is 0 Å².